The van der Waals surface area contributed by atoms with E-state index < -0.39 is 5.54 Å². The second kappa shape index (κ2) is 5.56. The molecule has 0 spiro atoms. The van der Waals surface area contributed by atoms with Gasteiger partial charge < -0.3 is 10.2 Å². The maximum absolute atomic E-state index is 12.3. The number of rotatable bonds is 3. The molecule has 1 aromatic carbocycles. The van der Waals surface area contributed by atoms with E-state index in [-0.39, 0.29) is 17.7 Å². The first-order chi connectivity index (χ1) is 9.29. The maximum Gasteiger partial charge on any atom is 0.226 e. The van der Waals surface area contributed by atoms with Crippen LogP contribution in [0.5, 0.6) is 0 Å². The molecule has 1 aromatic rings. The summed E-state index contributed by atoms with van der Waals surface area (Å²) >= 11 is 3.40. The zero-order valence-corrected chi connectivity index (χ0v) is 13.5. The second-order valence-corrected chi connectivity index (χ2v) is 6.71. The average Bonchev–Trinajstić information content (AvgIpc) is 2.70. The van der Waals surface area contributed by atoms with Crippen LogP contribution in [-0.4, -0.2) is 30.3 Å². The quantitative estimate of drug-likeness (QED) is 0.919. The molecule has 4 nitrogen and oxygen atoms in total. The van der Waals surface area contributed by atoms with Gasteiger partial charge in [0.15, 0.2) is 0 Å². The normalized spacial score (nSPS) is 19.3. The maximum atomic E-state index is 12.3. The summed E-state index contributed by atoms with van der Waals surface area (Å²) in [6.07, 6.45) is 0.304. The summed E-state index contributed by atoms with van der Waals surface area (Å²) in [5.74, 6) is -0.274. The van der Waals surface area contributed by atoms with Crippen LogP contribution < -0.4 is 5.32 Å². The third-order valence-electron chi connectivity index (χ3n) is 3.71. The monoisotopic (exact) mass is 338 g/mol. The van der Waals surface area contributed by atoms with Gasteiger partial charge in [-0.05, 0) is 31.5 Å². The summed E-state index contributed by atoms with van der Waals surface area (Å²) < 4.78 is 1.01. The third kappa shape index (κ3) is 3.20. The van der Waals surface area contributed by atoms with Gasteiger partial charge >= 0.3 is 0 Å². The Bertz CT molecular complexity index is 525. The SMILES string of the molecule is CN1CC(C(=O)NC(C)(C)c2ccc(Br)cc2)CC1=O. The summed E-state index contributed by atoms with van der Waals surface area (Å²) in [7, 11) is 1.73. The fourth-order valence-corrected chi connectivity index (χ4v) is 2.65. The average molecular weight is 339 g/mol. The van der Waals surface area contributed by atoms with E-state index in [1.54, 1.807) is 11.9 Å². The topological polar surface area (TPSA) is 49.4 Å². The van der Waals surface area contributed by atoms with E-state index in [0.717, 1.165) is 10.0 Å². The lowest BCUT2D eigenvalue weighted by Crippen LogP contribution is -2.44. The Morgan fingerprint density at radius 2 is 1.95 bits per heavy atom. The standard InChI is InChI=1S/C15H19BrN2O2/c1-15(2,11-4-6-12(16)7-5-11)17-14(20)10-8-13(19)18(3)9-10/h4-7,10H,8-9H2,1-3H3,(H,17,20). The smallest absolute Gasteiger partial charge is 0.226 e. The lowest BCUT2D eigenvalue weighted by Gasteiger charge is -2.28. The van der Waals surface area contributed by atoms with Crippen molar-refractivity contribution in [2.24, 2.45) is 5.92 Å². The number of carbonyl (C=O) groups is 2. The lowest BCUT2D eigenvalue weighted by molar-refractivity contribution is -0.129. The molecule has 1 fully saturated rings. The number of benzene rings is 1. The van der Waals surface area contributed by atoms with Crippen LogP contribution in [0.1, 0.15) is 25.8 Å². The molecule has 1 N–H and O–H groups in total. The molecular formula is C15H19BrN2O2. The molecule has 1 saturated heterocycles. The summed E-state index contributed by atoms with van der Waals surface area (Å²) in [4.78, 5) is 25.4. The van der Waals surface area contributed by atoms with Crippen molar-refractivity contribution < 1.29 is 9.59 Å². The largest absolute Gasteiger partial charge is 0.347 e. The zero-order valence-electron chi connectivity index (χ0n) is 11.9. The fourth-order valence-electron chi connectivity index (χ4n) is 2.39. The summed E-state index contributed by atoms with van der Waals surface area (Å²) in [6, 6.07) is 7.87. The number of hydrogen-bond donors (Lipinski definition) is 1. The van der Waals surface area contributed by atoms with Crippen molar-refractivity contribution >= 4 is 27.7 Å². The molecule has 1 heterocycles. The van der Waals surface area contributed by atoms with E-state index in [4.69, 9.17) is 0 Å². The van der Waals surface area contributed by atoms with Crippen LogP contribution in [0, 0.1) is 5.92 Å². The molecule has 0 radical (unpaired) electrons. The van der Waals surface area contributed by atoms with Gasteiger partial charge in [-0.1, -0.05) is 28.1 Å². The Balaban J connectivity index is 2.06. The van der Waals surface area contributed by atoms with Gasteiger partial charge in [0.25, 0.3) is 0 Å². The predicted molar refractivity (Wildman–Crippen MR) is 81.1 cm³/mol. The minimum Gasteiger partial charge on any atom is -0.347 e. The summed E-state index contributed by atoms with van der Waals surface area (Å²) in [5.41, 5.74) is 0.578. The van der Waals surface area contributed by atoms with E-state index in [0.29, 0.717) is 13.0 Å². The van der Waals surface area contributed by atoms with Crippen molar-refractivity contribution in [3.05, 3.63) is 34.3 Å². The number of nitrogens with zero attached hydrogens (tertiary/aromatic N) is 1. The van der Waals surface area contributed by atoms with E-state index in [1.165, 1.54) is 0 Å². The molecule has 108 valence electrons. The highest BCUT2D eigenvalue weighted by Gasteiger charge is 2.34. The molecule has 0 aromatic heterocycles. The number of nitrogens with one attached hydrogen (secondary N) is 1. The minimum atomic E-state index is -0.456. The van der Waals surface area contributed by atoms with Crippen LogP contribution in [0.2, 0.25) is 0 Å². The Kier molecular flexibility index (Phi) is 4.18. The van der Waals surface area contributed by atoms with Crippen molar-refractivity contribution in [2.45, 2.75) is 25.8 Å². The minimum absolute atomic E-state index is 0.0339. The van der Waals surface area contributed by atoms with E-state index in [1.807, 2.05) is 38.1 Å². The molecule has 0 bridgehead atoms. The molecular weight excluding hydrogens is 320 g/mol. The van der Waals surface area contributed by atoms with Crippen molar-refractivity contribution in [1.82, 2.24) is 10.2 Å². The molecule has 2 rings (SSSR count). The number of amides is 2. The van der Waals surface area contributed by atoms with E-state index in [2.05, 4.69) is 21.2 Å². The van der Waals surface area contributed by atoms with Crippen LogP contribution >= 0.6 is 15.9 Å². The number of hydrogen-bond acceptors (Lipinski definition) is 2. The highest BCUT2D eigenvalue weighted by Crippen LogP contribution is 2.24. The van der Waals surface area contributed by atoms with Crippen molar-refractivity contribution in [1.29, 1.82) is 0 Å². The van der Waals surface area contributed by atoms with Gasteiger partial charge in [0.05, 0.1) is 11.5 Å². The first kappa shape index (κ1) is 15.0. The van der Waals surface area contributed by atoms with Gasteiger partial charge in [-0.2, -0.15) is 0 Å². The molecule has 1 unspecified atom stereocenters. The first-order valence-corrected chi connectivity index (χ1v) is 7.41. The number of halogens is 1. The Morgan fingerprint density at radius 3 is 2.45 bits per heavy atom. The highest BCUT2D eigenvalue weighted by molar-refractivity contribution is 9.10. The lowest BCUT2D eigenvalue weighted by atomic mass is 9.93. The van der Waals surface area contributed by atoms with Crippen LogP contribution in [0.4, 0.5) is 0 Å². The van der Waals surface area contributed by atoms with Gasteiger partial charge in [-0.3, -0.25) is 9.59 Å². The number of carbonyl (C=O) groups excluding carboxylic acids is 2. The van der Waals surface area contributed by atoms with Crippen molar-refractivity contribution in [3.63, 3.8) is 0 Å². The number of likely N-dealkylation sites (tertiary alicyclic amines) is 1. The molecule has 2 amide bonds. The molecule has 1 aliphatic rings. The molecule has 5 heteroatoms. The highest BCUT2D eigenvalue weighted by atomic mass is 79.9. The van der Waals surface area contributed by atoms with Crippen LogP contribution in [0.15, 0.2) is 28.7 Å². The predicted octanol–water partition coefficient (Wildman–Crippen LogP) is 2.28. The second-order valence-electron chi connectivity index (χ2n) is 5.80. The Hall–Kier alpha value is -1.36. The summed E-state index contributed by atoms with van der Waals surface area (Å²) in [5, 5.41) is 3.04. The fraction of sp³-hybridized carbons (Fsp3) is 0.467. The van der Waals surface area contributed by atoms with Gasteiger partial charge in [-0.15, -0.1) is 0 Å². The Morgan fingerprint density at radius 1 is 1.35 bits per heavy atom. The Labute approximate surface area is 127 Å². The van der Waals surface area contributed by atoms with Gasteiger partial charge in [0.2, 0.25) is 11.8 Å². The van der Waals surface area contributed by atoms with Crippen molar-refractivity contribution in [3.8, 4) is 0 Å². The van der Waals surface area contributed by atoms with Crippen LogP contribution in [-0.2, 0) is 15.1 Å². The van der Waals surface area contributed by atoms with Crippen LogP contribution in [0.25, 0.3) is 0 Å². The third-order valence-corrected chi connectivity index (χ3v) is 4.24. The zero-order chi connectivity index (χ0) is 14.9. The van der Waals surface area contributed by atoms with Gasteiger partial charge in [-0.25, -0.2) is 0 Å². The van der Waals surface area contributed by atoms with E-state index >= 15 is 0 Å². The van der Waals surface area contributed by atoms with Crippen molar-refractivity contribution in [2.75, 3.05) is 13.6 Å². The first-order valence-electron chi connectivity index (χ1n) is 6.61. The summed E-state index contributed by atoms with van der Waals surface area (Å²) in [6.45, 7) is 4.43. The van der Waals surface area contributed by atoms with Crippen LogP contribution in [0.3, 0.4) is 0 Å². The van der Waals surface area contributed by atoms with Gasteiger partial charge in [0.1, 0.15) is 0 Å². The van der Waals surface area contributed by atoms with Gasteiger partial charge in [0, 0.05) is 24.5 Å². The molecule has 0 aliphatic carbocycles. The molecule has 1 atom stereocenters. The van der Waals surface area contributed by atoms with E-state index in [9.17, 15) is 9.59 Å². The molecule has 20 heavy (non-hydrogen) atoms. The molecule has 0 saturated carbocycles. The molecule has 1 aliphatic heterocycles.